The highest BCUT2D eigenvalue weighted by Crippen LogP contribution is 2.35. The first kappa shape index (κ1) is 21.4. The van der Waals surface area contributed by atoms with Crippen molar-refractivity contribution in [2.45, 2.75) is 0 Å². The van der Waals surface area contributed by atoms with Crippen LogP contribution in [0.3, 0.4) is 0 Å². The van der Waals surface area contributed by atoms with E-state index in [-0.39, 0.29) is 33.7 Å². The van der Waals surface area contributed by atoms with E-state index in [1.165, 1.54) is 43.5 Å². The molecule has 1 aliphatic rings. The number of rotatable bonds is 6. The van der Waals surface area contributed by atoms with Crippen molar-refractivity contribution < 1.29 is 23.9 Å². The Kier molecular flexibility index (Phi) is 6.44. The Morgan fingerprint density at radius 3 is 2.47 bits per heavy atom. The zero-order valence-corrected chi connectivity index (χ0v) is 17.3. The van der Waals surface area contributed by atoms with Crippen LogP contribution >= 0.6 is 23.2 Å². The highest BCUT2D eigenvalue weighted by molar-refractivity contribution is 6.40. The van der Waals surface area contributed by atoms with Gasteiger partial charge in [-0.2, -0.15) is 0 Å². The van der Waals surface area contributed by atoms with E-state index in [1.54, 1.807) is 12.1 Å². The van der Waals surface area contributed by atoms with Crippen LogP contribution in [-0.4, -0.2) is 31.6 Å². The second-order valence-corrected chi connectivity index (χ2v) is 6.91. The summed E-state index contributed by atoms with van der Waals surface area (Å²) in [5.41, 5.74) is 0.285. The molecule has 2 aromatic rings. The number of hydrogen-bond acceptors (Lipinski definition) is 5. The van der Waals surface area contributed by atoms with E-state index < -0.39 is 17.8 Å². The lowest BCUT2D eigenvalue weighted by Gasteiger charge is -2.26. The number of urea groups is 1. The molecule has 0 atom stereocenters. The molecule has 1 N–H and O–H groups in total. The molecule has 0 saturated carbocycles. The van der Waals surface area contributed by atoms with Crippen LogP contribution in [0, 0.1) is 0 Å². The Labute approximate surface area is 182 Å². The molecule has 0 aromatic heterocycles. The molecule has 9 heteroatoms. The molecule has 0 aliphatic carbocycles. The Morgan fingerprint density at radius 2 is 1.83 bits per heavy atom. The minimum Gasteiger partial charge on any atom is -0.497 e. The molecule has 1 aliphatic heterocycles. The Hall–Kier alpha value is -3.29. The fourth-order valence-corrected chi connectivity index (χ4v) is 3.32. The monoisotopic (exact) mass is 446 g/mol. The molecule has 4 amide bonds. The van der Waals surface area contributed by atoms with Crippen molar-refractivity contribution in [3.63, 3.8) is 0 Å². The second kappa shape index (κ2) is 9.02. The summed E-state index contributed by atoms with van der Waals surface area (Å²) in [6.07, 6.45) is 2.79. The van der Waals surface area contributed by atoms with Gasteiger partial charge in [-0.25, -0.2) is 9.69 Å². The van der Waals surface area contributed by atoms with Gasteiger partial charge in [-0.15, -0.1) is 0 Å². The summed E-state index contributed by atoms with van der Waals surface area (Å²) in [5, 5.41) is 2.63. The number of anilines is 1. The summed E-state index contributed by atoms with van der Waals surface area (Å²) in [6, 6.07) is 8.34. The van der Waals surface area contributed by atoms with Crippen LogP contribution in [0.1, 0.15) is 5.56 Å². The third-order valence-corrected chi connectivity index (χ3v) is 4.61. The molecule has 1 heterocycles. The lowest BCUT2D eigenvalue weighted by atomic mass is 10.1. The van der Waals surface area contributed by atoms with Gasteiger partial charge < -0.3 is 9.47 Å². The van der Waals surface area contributed by atoms with Crippen molar-refractivity contribution in [1.29, 1.82) is 0 Å². The number of benzene rings is 2. The lowest BCUT2D eigenvalue weighted by Crippen LogP contribution is -2.54. The average Bonchev–Trinajstić information content (AvgIpc) is 2.70. The maximum absolute atomic E-state index is 13.0. The standard InChI is InChI=1S/C21H16Cl2N2O5/c1-3-8-30-18-12(9-13(22)11-17(18)23)10-16-19(26)24-21(28)25(20(16)27)14-4-6-15(29-2)7-5-14/h3-7,9-11H,1,8H2,2H3,(H,24,26,28)/b16-10+. The number of carbonyl (C=O) groups excluding carboxylic acids is 3. The van der Waals surface area contributed by atoms with Crippen LogP contribution < -0.4 is 19.7 Å². The molecule has 2 aromatic carbocycles. The van der Waals surface area contributed by atoms with Gasteiger partial charge in [0, 0.05) is 10.6 Å². The summed E-state index contributed by atoms with van der Waals surface area (Å²) in [6.45, 7) is 3.72. The number of nitrogens with zero attached hydrogens (tertiary/aromatic N) is 1. The maximum atomic E-state index is 13.0. The number of halogens is 2. The molecule has 0 bridgehead atoms. The van der Waals surface area contributed by atoms with Gasteiger partial charge in [-0.3, -0.25) is 14.9 Å². The van der Waals surface area contributed by atoms with Crippen molar-refractivity contribution in [1.82, 2.24) is 5.32 Å². The predicted molar refractivity (Wildman–Crippen MR) is 114 cm³/mol. The first-order valence-electron chi connectivity index (χ1n) is 8.64. The molecule has 30 heavy (non-hydrogen) atoms. The summed E-state index contributed by atoms with van der Waals surface area (Å²) >= 11 is 12.3. The minimum atomic E-state index is -0.862. The van der Waals surface area contributed by atoms with Crippen molar-refractivity contribution in [3.8, 4) is 11.5 Å². The van der Waals surface area contributed by atoms with Crippen LogP contribution in [0.2, 0.25) is 10.0 Å². The van der Waals surface area contributed by atoms with Crippen LogP contribution in [0.5, 0.6) is 11.5 Å². The third-order valence-electron chi connectivity index (χ3n) is 4.11. The van der Waals surface area contributed by atoms with E-state index in [0.29, 0.717) is 11.3 Å². The van der Waals surface area contributed by atoms with E-state index in [4.69, 9.17) is 32.7 Å². The third kappa shape index (κ3) is 4.32. The second-order valence-electron chi connectivity index (χ2n) is 6.06. The Morgan fingerprint density at radius 1 is 1.13 bits per heavy atom. The van der Waals surface area contributed by atoms with Gasteiger partial charge in [-0.05, 0) is 42.5 Å². The normalized spacial score (nSPS) is 15.2. The van der Waals surface area contributed by atoms with Gasteiger partial charge in [0.05, 0.1) is 17.8 Å². The van der Waals surface area contributed by atoms with E-state index in [2.05, 4.69) is 11.9 Å². The number of amides is 4. The quantitative estimate of drug-likeness (QED) is 0.407. The van der Waals surface area contributed by atoms with Gasteiger partial charge in [0.2, 0.25) is 0 Å². The number of ether oxygens (including phenoxy) is 2. The van der Waals surface area contributed by atoms with Gasteiger partial charge in [0.1, 0.15) is 23.7 Å². The summed E-state index contributed by atoms with van der Waals surface area (Å²) in [4.78, 5) is 38.6. The summed E-state index contributed by atoms with van der Waals surface area (Å²) < 4.78 is 10.6. The van der Waals surface area contributed by atoms with Crippen LogP contribution in [-0.2, 0) is 9.59 Å². The van der Waals surface area contributed by atoms with Crippen LogP contribution in [0.15, 0.2) is 54.6 Å². The van der Waals surface area contributed by atoms with E-state index in [1.807, 2.05) is 0 Å². The highest BCUT2D eigenvalue weighted by atomic mass is 35.5. The van der Waals surface area contributed by atoms with Crippen molar-refractivity contribution in [2.75, 3.05) is 18.6 Å². The molecule has 154 valence electrons. The van der Waals surface area contributed by atoms with Gasteiger partial charge >= 0.3 is 6.03 Å². The molecule has 1 saturated heterocycles. The van der Waals surface area contributed by atoms with Crippen molar-refractivity contribution in [3.05, 3.63) is 70.2 Å². The van der Waals surface area contributed by atoms with Gasteiger partial charge in [-0.1, -0.05) is 35.9 Å². The molecular weight excluding hydrogens is 431 g/mol. The smallest absolute Gasteiger partial charge is 0.335 e. The maximum Gasteiger partial charge on any atom is 0.335 e. The average molecular weight is 447 g/mol. The Balaban J connectivity index is 2.05. The SMILES string of the molecule is C=CCOc1c(Cl)cc(Cl)cc1/C=C1\C(=O)NC(=O)N(c2ccc(OC)cc2)C1=O. The Bertz CT molecular complexity index is 1060. The summed E-state index contributed by atoms with van der Waals surface area (Å²) in [5.74, 6) is -0.879. The number of nitrogens with one attached hydrogen (secondary N) is 1. The molecule has 7 nitrogen and oxygen atoms in total. The zero-order valence-electron chi connectivity index (χ0n) is 15.8. The molecule has 0 unspecified atom stereocenters. The first-order valence-corrected chi connectivity index (χ1v) is 9.39. The molecule has 3 rings (SSSR count). The topological polar surface area (TPSA) is 84.9 Å². The fraction of sp³-hybridized carbons (Fsp3) is 0.0952. The molecule has 1 fully saturated rings. The van der Waals surface area contributed by atoms with Gasteiger partial charge in [0.25, 0.3) is 11.8 Å². The first-order chi connectivity index (χ1) is 14.3. The highest BCUT2D eigenvalue weighted by Gasteiger charge is 2.37. The fourth-order valence-electron chi connectivity index (χ4n) is 2.76. The number of imide groups is 2. The molecule has 0 spiro atoms. The zero-order chi connectivity index (χ0) is 21.8. The number of barbiturate groups is 1. The van der Waals surface area contributed by atoms with Crippen LogP contribution in [0.4, 0.5) is 10.5 Å². The van der Waals surface area contributed by atoms with Crippen LogP contribution in [0.25, 0.3) is 6.08 Å². The molecule has 0 radical (unpaired) electrons. The van der Waals surface area contributed by atoms with Crippen molar-refractivity contribution in [2.24, 2.45) is 0 Å². The largest absolute Gasteiger partial charge is 0.497 e. The van der Waals surface area contributed by atoms with E-state index >= 15 is 0 Å². The molecular formula is C21H16Cl2N2O5. The van der Waals surface area contributed by atoms with E-state index in [9.17, 15) is 14.4 Å². The van der Waals surface area contributed by atoms with E-state index in [0.717, 1.165) is 4.90 Å². The van der Waals surface area contributed by atoms with Gasteiger partial charge in [0.15, 0.2) is 0 Å². The number of hydrogen-bond donors (Lipinski definition) is 1. The van der Waals surface area contributed by atoms with Crippen molar-refractivity contribution >= 4 is 52.8 Å². The predicted octanol–water partition coefficient (Wildman–Crippen LogP) is 4.23. The lowest BCUT2D eigenvalue weighted by molar-refractivity contribution is -0.122. The number of carbonyl (C=O) groups is 3. The number of methoxy groups -OCH3 is 1. The summed E-state index contributed by atoms with van der Waals surface area (Å²) in [7, 11) is 1.50. The minimum absolute atomic E-state index is 0.147.